The SMILES string of the molecule is CC(C)(C1CC(CNC(=O)c2ncc(C(F)(F)F)cn2)C1)S(=O)(=O)c1cccc(C(F)(F)F)c1. The predicted molar refractivity (Wildman–Crippen MR) is 108 cm³/mol. The van der Waals surface area contributed by atoms with Crippen LogP contribution in [-0.2, 0) is 22.2 Å². The van der Waals surface area contributed by atoms with E-state index in [4.69, 9.17) is 0 Å². The highest BCUT2D eigenvalue weighted by Crippen LogP contribution is 2.46. The average Bonchev–Trinajstić information content (AvgIpc) is 2.71. The van der Waals surface area contributed by atoms with Gasteiger partial charge in [-0.05, 0) is 56.7 Å². The highest BCUT2D eigenvalue weighted by atomic mass is 32.2. The van der Waals surface area contributed by atoms with Crippen molar-refractivity contribution < 1.29 is 39.6 Å². The molecule has 1 amide bonds. The molecule has 34 heavy (non-hydrogen) atoms. The van der Waals surface area contributed by atoms with Crippen LogP contribution in [0.1, 0.15) is 48.4 Å². The van der Waals surface area contributed by atoms with E-state index in [-0.39, 0.29) is 18.4 Å². The molecular formula is C21H21F6N3O3S. The smallest absolute Gasteiger partial charge is 0.349 e. The maximum atomic E-state index is 13.1. The first-order valence-electron chi connectivity index (χ1n) is 10.1. The van der Waals surface area contributed by atoms with E-state index in [1.54, 1.807) is 0 Å². The van der Waals surface area contributed by atoms with E-state index in [0.717, 1.165) is 18.2 Å². The number of amides is 1. The van der Waals surface area contributed by atoms with E-state index in [1.807, 2.05) is 0 Å². The van der Waals surface area contributed by atoms with Gasteiger partial charge in [0.15, 0.2) is 9.84 Å². The molecule has 6 nitrogen and oxygen atoms in total. The zero-order chi connectivity index (χ0) is 25.5. The summed E-state index contributed by atoms with van der Waals surface area (Å²) in [5.41, 5.74) is -2.14. The first-order valence-corrected chi connectivity index (χ1v) is 11.6. The number of carbonyl (C=O) groups is 1. The summed E-state index contributed by atoms with van der Waals surface area (Å²) in [6.07, 6.45) is -7.52. The van der Waals surface area contributed by atoms with Crippen molar-refractivity contribution in [3.8, 4) is 0 Å². The first kappa shape index (κ1) is 25.9. The van der Waals surface area contributed by atoms with Gasteiger partial charge < -0.3 is 5.32 Å². The Kier molecular flexibility index (Phi) is 6.72. The van der Waals surface area contributed by atoms with Gasteiger partial charge in [-0.15, -0.1) is 0 Å². The Hall–Kier alpha value is -2.70. The summed E-state index contributed by atoms with van der Waals surface area (Å²) in [4.78, 5) is 18.5. The molecule has 3 rings (SSSR count). The lowest BCUT2D eigenvalue weighted by Crippen LogP contribution is -2.48. The van der Waals surface area contributed by atoms with Crippen LogP contribution >= 0.6 is 0 Å². The lowest BCUT2D eigenvalue weighted by atomic mass is 9.69. The molecule has 1 aliphatic rings. The monoisotopic (exact) mass is 509 g/mol. The minimum absolute atomic E-state index is 0.112. The number of carbonyl (C=O) groups excluding carboxylic acids is 1. The Labute approximate surface area is 191 Å². The third-order valence-electron chi connectivity index (χ3n) is 6.12. The maximum Gasteiger partial charge on any atom is 0.419 e. The molecule has 0 radical (unpaired) electrons. The molecule has 0 bridgehead atoms. The zero-order valence-corrected chi connectivity index (χ0v) is 18.9. The zero-order valence-electron chi connectivity index (χ0n) is 18.0. The number of benzene rings is 1. The second-order valence-electron chi connectivity index (χ2n) is 8.67. The van der Waals surface area contributed by atoms with Gasteiger partial charge in [-0.25, -0.2) is 18.4 Å². The van der Waals surface area contributed by atoms with Crippen LogP contribution in [0.5, 0.6) is 0 Å². The molecular weight excluding hydrogens is 488 g/mol. The summed E-state index contributed by atoms with van der Waals surface area (Å²) < 4.78 is 101. The van der Waals surface area contributed by atoms with Crippen molar-refractivity contribution in [3.05, 3.63) is 53.6 Å². The topological polar surface area (TPSA) is 89.0 Å². The van der Waals surface area contributed by atoms with Crippen LogP contribution < -0.4 is 5.32 Å². The minimum Gasteiger partial charge on any atom is -0.349 e. The molecule has 13 heteroatoms. The first-order chi connectivity index (χ1) is 15.5. The van der Waals surface area contributed by atoms with E-state index in [1.165, 1.54) is 13.8 Å². The summed E-state index contributed by atoms with van der Waals surface area (Å²) in [6.45, 7) is 3.04. The quantitative estimate of drug-likeness (QED) is 0.579. The highest BCUT2D eigenvalue weighted by Gasteiger charge is 2.48. The number of alkyl halides is 6. The molecule has 1 aromatic carbocycles. The van der Waals surface area contributed by atoms with Crippen LogP contribution in [0.2, 0.25) is 0 Å². The van der Waals surface area contributed by atoms with Crippen molar-refractivity contribution in [1.29, 1.82) is 0 Å². The van der Waals surface area contributed by atoms with Gasteiger partial charge in [0.05, 0.1) is 20.8 Å². The van der Waals surface area contributed by atoms with E-state index in [9.17, 15) is 39.6 Å². The van der Waals surface area contributed by atoms with Crippen molar-refractivity contribution in [2.75, 3.05) is 6.54 Å². The fraction of sp³-hybridized carbons (Fsp3) is 0.476. The standard InChI is InChI=1S/C21H21F6N3O3S/c1-19(2,34(32,33)16-5-3-4-13(8-16)20(22,23)24)14-6-12(7-14)9-30-18(31)17-28-10-15(11-29-17)21(25,26)27/h3-5,8,10-12,14H,6-7,9H2,1-2H3,(H,30,31). The van der Waals surface area contributed by atoms with Gasteiger partial charge in [-0.2, -0.15) is 26.3 Å². The van der Waals surface area contributed by atoms with Crippen molar-refractivity contribution in [2.45, 2.75) is 48.7 Å². The molecule has 0 atom stereocenters. The number of hydrogen-bond donors (Lipinski definition) is 1. The van der Waals surface area contributed by atoms with Crippen LogP contribution in [-0.4, -0.2) is 35.6 Å². The lowest BCUT2D eigenvalue weighted by Gasteiger charge is -2.44. The van der Waals surface area contributed by atoms with E-state index in [0.29, 0.717) is 31.3 Å². The number of aromatic nitrogens is 2. The predicted octanol–water partition coefficient (Wildman–Crippen LogP) is 4.52. The summed E-state index contributed by atoms with van der Waals surface area (Å²) >= 11 is 0. The third kappa shape index (κ3) is 5.18. The Morgan fingerprint density at radius 2 is 1.56 bits per heavy atom. The third-order valence-corrected chi connectivity index (χ3v) is 8.71. The van der Waals surface area contributed by atoms with Crippen LogP contribution in [0, 0.1) is 11.8 Å². The largest absolute Gasteiger partial charge is 0.419 e. The fourth-order valence-electron chi connectivity index (χ4n) is 3.74. The Morgan fingerprint density at radius 1 is 1.00 bits per heavy atom. The number of hydrogen-bond acceptors (Lipinski definition) is 5. The van der Waals surface area contributed by atoms with E-state index < -0.39 is 54.7 Å². The van der Waals surface area contributed by atoms with Crippen LogP contribution in [0.15, 0.2) is 41.6 Å². The van der Waals surface area contributed by atoms with Crippen molar-refractivity contribution in [3.63, 3.8) is 0 Å². The molecule has 0 aliphatic heterocycles. The Bertz CT molecular complexity index is 1160. The summed E-state index contributed by atoms with van der Waals surface area (Å²) in [6, 6.07) is 3.60. The number of rotatable bonds is 6. The molecule has 1 saturated carbocycles. The van der Waals surface area contributed by atoms with Gasteiger partial charge in [0, 0.05) is 18.9 Å². The van der Waals surface area contributed by atoms with E-state index in [2.05, 4.69) is 15.3 Å². The second kappa shape index (κ2) is 8.82. The molecule has 2 aromatic rings. The lowest BCUT2D eigenvalue weighted by molar-refractivity contribution is -0.138. The molecule has 1 N–H and O–H groups in total. The van der Waals surface area contributed by atoms with Gasteiger partial charge in [0.2, 0.25) is 5.82 Å². The minimum atomic E-state index is -4.67. The van der Waals surface area contributed by atoms with Crippen LogP contribution in [0.3, 0.4) is 0 Å². The van der Waals surface area contributed by atoms with Crippen molar-refractivity contribution >= 4 is 15.7 Å². The number of sulfone groups is 1. The fourth-order valence-corrected chi connectivity index (χ4v) is 5.52. The molecule has 0 spiro atoms. The number of nitrogens with zero attached hydrogens (tertiary/aromatic N) is 2. The van der Waals surface area contributed by atoms with Gasteiger partial charge in [0.25, 0.3) is 5.91 Å². The van der Waals surface area contributed by atoms with Crippen molar-refractivity contribution in [1.82, 2.24) is 15.3 Å². The normalized spacial score (nSPS) is 19.4. The van der Waals surface area contributed by atoms with Crippen LogP contribution in [0.25, 0.3) is 0 Å². The van der Waals surface area contributed by atoms with Crippen LogP contribution in [0.4, 0.5) is 26.3 Å². The second-order valence-corrected chi connectivity index (χ2v) is 11.2. The Morgan fingerprint density at radius 3 is 2.09 bits per heavy atom. The molecule has 1 fully saturated rings. The highest BCUT2D eigenvalue weighted by molar-refractivity contribution is 7.92. The summed E-state index contributed by atoms with van der Waals surface area (Å²) in [5.74, 6) is -1.68. The molecule has 1 aromatic heterocycles. The molecule has 0 unspecified atom stereocenters. The van der Waals surface area contributed by atoms with Gasteiger partial charge in [-0.3, -0.25) is 4.79 Å². The van der Waals surface area contributed by atoms with Gasteiger partial charge in [-0.1, -0.05) is 6.07 Å². The molecule has 1 aliphatic carbocycles. The average molecular weight is 509 g/mol. The summed E-state index contributed by atoms with van der Waals surface area (Å²) in [5, 5.41) is 2.51. The molecule has 1 heterocycles. The van der Waals surface area contributed by atoms with Crippen molar-refractivity contribution in [2.24, 2.45) is 11.8 Å². The van der Waals surface area contributed by atoms with E-state index >= 15 is 0 Å². The number of halogens is 6. The summed E-state index contributed by atoms with van der Waals surface area (Å²) in [7, 11) is -4.09. The Balaban J connectivity index is 1.59. The number of nitrogens with one attached hydrogen (secondary N) is 1. The van der Waals surface area contributed by atoms with Gasteiger partial charge >= 0.3 is 12.4 Å². The maximum absolute atomic E-state index is 13.1. The van der Waals surface area contributed by atoms with Gasteiger partial charge in [0.1, 0.15) is 0 Å². The molecule has 0 saturated heterocycles. The molecule has 186 valence electrons.